The van der Waals surface area contributed by atoms with E-state index < -0.39 is 18.4 Å². The lowest BCUT2D eigenvalue weighted by Crippen LogP contribution is -2.35. The SMILES string of the molecule is CC(=O)O[C@@H](C)C(=O)NCc1cccc(-c2cccc([C@H]3O[C@@H](CSc4nc(-c5ccccc5)c(-c5ccccc5)o4)C[C@@H](c4ccc(CO)cc4)O3)c2)c1. The lowest BCUT2D eigenvalue weighted by Gasteiger charge is -2.36. The first-order chi connectivity index (χ1) is 26.8. The number of carbonyl (C=O) groups excluding carboxylic acids is 2. The standard InChI is InChI=1S/C45H42N2O7S/c1-29(51-30(2)49)43(50)46-26-32-11-9-16-36(23-32)37-17-10-18-38(24-37)44-52-39(25-40(53-44)33-21-19-31(27-48)20-22-33)28-55-45-47-41(34-12-5-3-6-13-34)42(54-45)35-14-7-4-8-15-35/h3-24,29,39-40,44,48H,25-28H2,1-2H3,(H,46,50)/t29-,39+,40-,44-/m0/s1. The number of rotatable bonds is 13. The van der Waals surface area contributed by atoms with E-state index in [9.17, 15) is 14.7 Å². The zero-order chi connectivity index (χ0) is 38.1. The first-order valence-electron chi connectivity index (χ1n) is 18.2. The molecule has 0 unspecified atom stereocenters. The zero-order valence-electron chi connectivity index (χ0n) is 30.6. The average Bonchev–Trinajstić information content (AvgIpc) is 3.67. The average molecular weight is 755 g/mol. The van der Waals surface area contributed by atoms with E-state index in [1.54, 1.807) is 6.92 Å². The van der Waals surface area contributed by atoms with Gasteiger partial charge in [-0.1, -0.05) is 133 Å². The Morgan fingerprint density at radius 1 is 0.800 bits per heavy atom. The molecule has 280 valence electrons. The van der Waals surface area contributed by atoms with Crippen molar-refractivity contribution in [1.29, 1.82) is 0 Å². The number of amides is 1. The van der Waals surface area contributed by atoms with Crippen LogP contribution in [-0.4, -0.2) is 39.9 Å². The van der Waals surface area contributed by atoms with Gasteiger partial charge in [0, 0.05) is 42.3 Å². The highest BCUT2D eigenvalue weighted by atomic mass is 32.2. The Morgan fingerprint density at radius 3 is 2.18 bits per heavy atom. The van der Waals surface area contributed by atoms with Gasteiger partial charge in [-0.15, -0.1) is 0 Å². The van der Waals surface area contributed by atoms with Gasteiger partial charge >= 0.3 is 5.97 Å². The molecule has 1 fully saturated rings. The molecule has 7 rings (SSSR count). The number of nitrogens with one attached hydrogen (secondary N) is 1. The van der Waals surface area contributed by atoms with Crippen molar-refractivity contribution in [1.82, 2.24) is 10.3 Å². The van der Waals surface area contributed by atoms with Crippen LogP contribution < -0.4 is 5.32 Å². The Morgan fingerprint density at radius 2 is 1.47 bits per heavy atom. The minimum atomic E-state index is -0.875. The molecule has 1 aliphatic heterocycles. The molecule has 55 heavy (non-hydrogen) atoms. The normalized spacial score (nSPS) is 17.3. The summed E-state index contributed by atoms with van der Waals surface area (Å²) in [5.74, 6) is 0.438. The van der Waals surface area contributed by atoms with Crippen LogP contribution in [0, 0.1) is 0 Å². The topological polar surface area (TPSA) is 120 Å². The number of hydrogen-bond acceptors (Lipinski definition) is 9. The monoisotopic (exact) mass is 754 g/mol. The number of nitrogens with zero attached hydrogens (tertiary/aromatic N) is 1. The highest BCUT2D eigenvalue weighted by Crippen LogP contribution is 2.41. The maximum atomic E-state index is 12.4. The van der Waals surface area contributed by atoms with Crippen molar-refractivity contribution in [3.8, 4) is 33.7 Å². The van der Waals surface area contributed by atoms with Crippen LogP contribution in [0.15, 0.2) is 143 Å². The summed E-state index contributed by atoms with van der Waals surface area (Å²) in [7, 11) is 0. The fourth-order valence-corrected chi connectivity index (χ4v) is 7.33. The molecule has 1 amide bonds. The number of aliphatic hydroxyl groups is 1. The summed E-state index contributed by atoms with van der Waals surface area (Å²) in [4.78, 5) is 28.7. The number of hydrogen-bond donors (Lipinski definition) is 2. The summed E-state index contributed by atoms with van der Waals surface area (Å²) in [6.07, 6.45) is -1.38. The fraction of sp³-hybridized carbons (Fsp3) is 0.222. The van der Waals surface area contributed by atoms with Crippen LogP contribution in [0.4, 0.5) is 0 Å². The van der Waals surface area contributed by atoms with Gasteiger partial charge in [-0.3, -0.25) is 9.59 Å². The van der Waals surface area contributed by atoms with Crippen LogP contribution >= 0.6 is 11.8 Å². The molecule has 0 spiro atoms. The third-order valence-electron chi connectivity index (χ3n) is 9.30. The maximum absolute atomic E-state index is 12.4. The molecule has 1 saturated heterocycles. The number of ether oxygens (including phenoxy) is 3. The largest absolute Gasteiger partial charge is 0.453 e. The Bertz CT molecular complexity index is 2150. The highest BCUT2D eigenvalue weighted by molar-refractivity contribution is 7.99. The molecular weight excluding hydrogens is 713 g/mol. The van der Waals surface area contributed by atoms with Gasteiger partial charge in [0.05, 0.1) is 18.8 Å². The molecule has 0 aliphatic carbocycles. The number of thioether (sulfide) groups is 1. The van der Waals surface area contributed by atoms with E-state index in [-0.39, 0.29) is 31.3 Å². The molecule has 2 heterocycles. The molecule has 0 radical (unpaired) electrons. The van der Waals surface area contributed by atoms with Crippen LogP contribution in [0.3, 0.4) is 0 Å². The highest BCUT2D eigenvalue weighted by Gasteiger charge is 2.33. The van der Waals surface area contributed by atoms with Crippen molar-refractivity contribution < 1.29 is 33.3 Å². The predicted octanol–water partition coefficient (Wildman–Crippen LogP) is 9.07. The van der Waals surface area contributed by atoms with Gasteiger partial charge in [-0.2, -0.15) is 0 Å². The van der Waals surface area contributed by atoms with E-state index in [1.165, 1.54) is 18.7 Å². The Hall–Kier alpha value is -5.52. The predicted molar refractivity (Wildman–Crippen MR) is 211 cm³/mol. The molecule has 1 aliphatic rings. The lowest BCUT2D eigenvalue weighted by atomic mass is 9.99. The molecule has 10 heteroatoms. The molecule has 5 aromatic carbocycles. The molecule has 0 bridgehead atoms. The first kappa shape index (κ1) is 37.8. The fourth-order valence-electron chi connectivity index (χ4n) is 6.49. The van der Waals surface area contributed by atoms with Crippen LogP contribution in [-0.2, 0) is 37.0 Å². The summed E-state index contributed by atoms with van der Waals surface area (Å²) in [6.45, 7) is 3.08. The summed E-state index contributed by atoms with van der Waals surface area (Å²) in [6, 6.07) is 43.9. The van der Waals surface area contributed by atoms with E-state index in [0.717, 1.165) is 56.0 Å². The summed E-state index contributed by atoms with van der Waals surface area (Å²) < 4.78 is 24.8. The van der Waals surface area contributed by atoms with Gasteiger partial charge in [0.2, 0.25) is 0 Å². The van der Waals surface area contributed by atoms with Crippen molar-refractivity contribution in [3.63, 3.8) is 0 Å². The minimum absolute atomic E-state index is 0.0311. The number of esters is 1. The van der Waals surface area contributed by atoms with Gasteiger partial charge < -0.3 is 29.1 Å². The van der Waals surface area contributed by atoms with Crippen LogP contribution in [0.25, 0.3) is 33.7 Å². The molecule has 2 N–H and O–H groups in total. The number of oxazole rings is 1. The third-order valence-corrected chi connectivity index (χ3v) is 10.3. The summed E-state index contributed by atoms with van der Waals surface area (Å²) in [5.41, 5.74) is 8.27. The Kier molecular flexibility index (Phi) is 12.2. The van der Waals surface area contributed by atoms with Gasteiger partial charge in [0.1, 0.15) is 5.69 Å². The molecule has 6 aromatic rings. The molecule has 1 aromatic heterocycles. The van der Waals surface area contributed by atoms with Crippen molar-refractivity contribution in [2.75, 3.05) is 5.75 Å². The zero-order valence-corrected chi connectivity index (χ0v) is 31.4. The van der Waals surface area contributed by atoms with Crippen molar-refractivity contribution in [2.24, 2.45) is 0 Å². The van der Waals surface area contributed by atoms with Crippen molar-refractivity contribution in [3.05, 3.63) is 156 Å². The second kappa shape index (κ2) is 17.7. The van der Waals surface area contributed by atoms with E-state index in [0.29, 0.717) is 17.4 Å². The number of benzene rings is 5. The van der Waals surface area contributed by atoms with Crippen LogP contribution in [0.2, 0.25) is 0 Å². The third kappa shape index (κ3) is 9.59. The Balaban J connectivity index is 1.11. The van der Waals surface area contributed by atoms with E-state index in [1.807, 2.05) is 127 Å². The van der Waals surface area contributed by atoms with Gasteiger partial charge in [-0.05, 0) is 46.9 Å². The first-order valence-corrected chi connectivity index (χ1v) is 19.2. The molecule has 0 saturated carbocycles. The maximum Gasteiger partial charge on any atom is 0.303 e. The van der Waals surface area contributed by atoms with Crippen LogP contribution in [0.1, 0.15) is 54.9 Å². The number of aromatic nitrogens is 1. The van der Waals surface area contributed by atoms with Crippen LogP contribution in [0.5, 0.6) is 0 Å². The smallest absolute Gasteiger partial charge is 0.303 e. The number of carbonyl (C=O) groups is 2. The van der Waals surface area contributed by atoms with Gasteiger partial charge in [0.15, 0.2) is 18.2 Å². The van der Waals surface area contributed by atoms with E-state index in [4.69, 9.17) is 23.6 Å². The second-order valence-corrected chi connectivity index (χ2v) is 14.3. The number of aliphatic hydroxyl groups excluding tert-OH is 1. The summed E-state index contributed by atoms with van der Waals surface area (Å²) >= 11 is 1.52. The Labute approximate surface area is 324 Å². The minimum Gasteiger partial charge on any atom is -0.453 e. The van der Waals surface area contributed by atoms with E-state index >= 15 is 0 Å². The van der Waals surface area contributed by atoms with E-state index in [2.05, 4.69) is 11.4 Å². The van der Waals surface area contributed by atoms with Gasteiger partial charge in [0.25, 0.3) is 11.1 Å². The molecule has 9 nitrogen and oxygen atoms in total. The quantitative estimate of drug-likeness (QED) is 0.0879. The summed E-state index contributed by atoms with van der Waals surface area (Å²) in [5, 5.41) is 13.1. The van der Waals surface area contributed by atoms with Crippen molar-refractivity contribution >= 4 is 23.6 Å². The molecule has 4 atom stereocenters. The van der Waals surface area contributed by atoms with Gasteiger partial charge in [-0.25, -0.2) is 4.98 Å². The van der Waals surface area contributed by atoms with Crippen molar-refractivity contribution in [2.45, 2.75) is 63.2 Å². The molecular formula is C45H42N2O7S. The second-order valence-electron chi connectivity index (χ2n) is 13.3. The lowest BCUT2D eigenvalue weighted by molar-refractivity contribution is -0.245.